The minimum absolute atomic E-state index is 0.0441. The van der Waals surface area contributed by atoms with Gasteiger partial charge in [0.25, 0.3) is 7.82 Å². The number of ether oxygens (including phenoxy) is 1. The van der Waals surface area contributed by atoms with Gasteiger partial charge in [-0.15, -0.1) is 0 Å². The van der Waals surface area contributed by atoms with Gasteiger partial charge in [-0.2, -0.15) is 0 Å². The van der Waals surface area contributed by atoms with Crippen molar-refractivity contribution in [3.8, 4) is 0 Å². The summed E-state index contributed by atoms with van der Waals surface area (Å²) >= 11 is 0. The van der Waals surface area contributed by atoms with Crippen molar-refractivity contribution < 1.29 is 37.3 Å². The molecule has 10 heteroatoms. The van der Waals surface area contributed by atoms with E-state index in [4.69, 9.17) is 13.8 Å². The van der Waals surface area contributed by atoms with Crippen LogP contribution in [0.1, 0.15) is 213 Å². The molecular weight excluding hydrogens is 904 g/mol. The summed E-state index contributed by atoms with van der Waals surface area (Å²) in [5, 5.41) is 2.97. The molecule has 0 bridgehead atoms. The number of amides is 1. The van der Waals surface area contributed by atoms with Gasteiger partial charge in [0.05, 0.1) is 33.8 Å². The van der Waals surface area contributed by atoms with Gasteiger partial charge in [-0.1, -0.05) is 208 Å². The van der Waals surface area contributed by atoms with Gasteiger partial charge in [0.1, 0.15) is 19.3 Å². The number of quaternary nitrogens is 1. The number of nitrogens with zero attached hydrogens (tertiary/aromatic N) is 1. The van der Waals surface area contributed by atoms with Crippen molar-refractivity contribution in [2.24, 2.45) is 0 Å². The summed E-state index contributed by atoms with van der Waals surface area (Å²) in [6.07, 6.45) is 67.9. The standard InChI is InChI=1S/C61H105N2O7P/c1-7-10-13-16-19-22-25-27-28-29-30-31-32-33-34-36-38-41-44-47-50-53-60(64)62-58(57-69-71(66,67)68-56-55-63(4,5)6)59(52-49-46-43-40-37-24-21-18-15-12-9-3)70-61(65)54-51-48-45-42-39-35-26-23-20-17-14-11-8-2/h10,13,19,22,27-28,30-31,33-35,38-39,41,45,48-49,52,58-59H,7-9,11-12,14-18,20-21,23-26,29,32,36-37,40,42-44,46-47,50-51,53-57H2,1-6H3,(H-,62,64,66,67)/b13-10-,22-19-,28-27-,31-30-,34-33-,39-35-,41-38-,48-45+,52-49-. The van der Waals surface area contributed by atoms with E-state index in [2.05, 4.69) is 117 Å². The first-order chi connectivity index (χ1) is 34.4. The molecule has 0 heterocycles. The molecule has 0 spiro atoms. The molecule has 0 aromatic heterocycles. The zero-order chi connectivity index (χ0) is 52.2. The second kappa shape index (κ2) is 50.2. The number of allylic oxidation sites excluding steroid dienone is 17. The number of phosphoric acid groups is 1. The Morgan fingerprint density at radius 1 is 0.507 bits per heavy atom. The van der Waals surface area contributed by atoms with E-state index < -0.39 is 32.5 Å². The highest BCUT2D eigenvalue weighted by Gasteiger charge is 2.27. The Balaban J connectivity index is 5.45. The van der Waals surface area contributed by atoms with Gasteiger partial charge >= 0.3 is 5.97 Å². The van der Waals surface area contributed by atoms with E-state index in [0.29, 0.717) is 23.9 Å². The fourth-order valence-corrected chi connectivity index (χ4v) is 8.06. The van der Waals surface area contributed by atoms with Gasteiger partial charge in [0.15, 0.2) is 0 Å². The number of phosphoric ester groups is 1. The highest BCUT2D eigenvalue weighted by Crippen LogP contribution is 2.38. The Hall–Kier alpha value is -3.33. The maximum absolute atomic E-state index is 13.5. The lowest BCUT2D eigenvalue weighted by molar-refractivity contribution is -0.870. The summed E-state index contributed by atoms with van der Waals surface area (Å²) in [5.41, 5.74) is 0. The molecule has 406 valence electrons. The van der Waals surface area contributed by atoms with Crippen LogP contribution in [0.2, 0.25) is 0 Å². The van der Waals surface area contributed by atoms with Crippen LogP contribution in [0.3, 0.4) is 0 Å². The molecule has 9 nitrogen and oxygen atoms in total. The third-order valence-electron chi connectivity index (χ3n) is 11.7. The number of nitrogens with one attached hydrogen (secondary N) is 1. The fraction of sp³-hybridized carbons (Fsp3) is 0.672. The Kier molecular flexibility index (Phi) is 47.9. The summed E-state index contributed by atoms with van der Waals surface area (Å²) in [6, 6.07) is -0.939. The molecular formula is C61H105N2O7P. The van der Waals surface area contributed by atoms with E-state index in [1.807, 2.05) is 33.3 Å². The molecule has 0 fully saturated rings. The number of rotatable bonds is 49. The minimum atomic E-state index is -4.72. The molecule has 0 aliphatic carbocycles. The smallest absolute Gasteiger partial charge is 0.306 e. The zero-order valence-corrected chi connectivity index (χ0v) is 47.0. The lowest BCUT2D eigenvalue weighted by atomic mass is 10.1. The Morgan fingerprint density at radius 2 is 0.915 bits per heavy atom. The number of esters is 1. The van der Waals surface area contributed by atoms with E-state index >= 15 is 0 Å². The molecule has 71 heavy (non-hydrogen) atoms. The minimum Gasteiger partial charge on any atom is -0.756 e. The number of carbonyl (C=O) groups excluding carboxylic acids is 2. The van der Waals surface area contributed by atoms with Crippen LogP contribution in [0.25, 0.3) is 0 Å². The average molecular weight is 1010 g/mol. The molecule has 0 aromatic rings. The first-order valence-electron chi connectivity index (χ1n) is 28.2. The average Bonchev–Trinajstić information content (AvgIpc) is 3.33. The normalized spacial score (nSPS) is 14.6. The summed E-state index contributed by atoms with van der Waals surface area (Å²) in [5.74, 6) is -0.681. The highest BCUT2D eigenvalue weighted by atomic mass is 31.2. The van der Waals surface area contributed by atoms with E-state index in [0.717, 1.165) is 83.5 Å². The van der Waals surface area contributed by atoms with Crippen LogP contribution in [0.15, 0.2) is 109 Å². The van der Waals surface area contributed by atoms with Gasteiger partial charge in [-0.25, -0.2) is 0 Å². The fourth-order valence-electron chi connectivity index (χ4n) is 7.34. The molecule has 0 saturated heterocycles. The first kappa shape index (κ1) is 67.7. The predicted molar refractivity (Wildman–Crippen MR) is 302 cm³/mol. The van der Waals surface area contributed by atoms with Crippen LogP contribution in [0, 0.1) is 0 Å². The molecule has 1 amide bonds. The van der Waals surface area contributed by atoms with Crippen LogP contribution in [-0.2, 0) is 27.9 Å². The Morgan fingerprint density at radius 3 is 1.38 bits per heavy atom. The van der Waals surface area contributed by atoms with Gasteiger partial charge in [0, 0.05) is 12.8 Å². The zero-order valence-electron chi connectivity index (χ0n) is 46.1. The van der Waals surface area contributed by atoms with Crippen LogP contribution in [0.5, 0.6) is 0 Å². The van der Waals surface area contributed by atoms with E-state index in [9.17, 15) is 19.0 Å². The molecule has 0 aliphatic rings. The highest BCUT2D eigenvalue weighted by molar-refractivity contribution is 7.45. The van der Waals surface area contributed by atoms with Gasteiger partial charge < -0.3 is 28.5 Å². The van der Waals surface area contributed by atoms with Crippen molar-refractivity contribution in [1.29, 1.82) is 0 Å². The number of hydrogen-bond acceptors (Lipinski definition) is 7. The molecule has 0 saturated carbocycles. The van der Waals surface area contributed by atoms with Crippen molar-refractivity contribution in [2.75, 3.05) is 40.9 Å². The quantitative estimate of drug-likeness (QED) is 0.0212. The third kappa shape index (κ3) is 51.4. The summed E-state index contributed by atoms with van der Waals surface area (Å²) in [4.78, 5) is 39.7. The lowest BCUT2D eigenvalue weighted by Crippen LogP contribution is -2.47. The largest absolute Gasteiger partial charge is 0.756 e. The van der Waals surface area contributed by atoms with E-state index in [1.165, 1.54) is 83.5 Å². The summed E-state index contributed by atoms with van der Waals surface area (Å²) in [7, 11) is 1.11. The second-order valence-corrected chi connectivity index (χ2v) is 21.1. The third-order valence-corrected chi connectivity index (χ3v) is 12.7. The molecule has 0 rings (SSSR count). The van der Waals surface area contributed by atoms with Gasteiger partial charge in [-0.3, -0.25) is 14.2 Å². The van der Waals surface area contributed by atoms with Crippen molar-refractivity contribution >= 4 is 19.7 Å². The van der Waals surface area contributed by atoms with Crippen molar-refractivity contribution in [2.45, 2.75) is 226 Å². The van der Waals surface area contributed by atoms with Crippen LogP contribution in [-0.4, -0.2) is 69.4 Å². The second-order valence-electron chi connectivity index (χ2n) is 19.7. The van der Waals surface area contributed by atoms with Crippen LogP contribution >= 0.6 is 7.82 Å². The molecule has 0 aliphatic heterocycles. The predicted octanol–water partition coefficient (Wildman–Crippen LogP) is 16.4. The summed E-state index contributed by atoms with van der Waals surface area (Å²) < 4.78 is 30.1. The molecule has 3 atom stereocenters. The Labute approximate surface area is 436 Å². The SMILES string of the molecule is CC/C=C\C/C=C\C/C=C\C/C=C\C/C=C\C/C=C\CCCCC(=O)NC(COP(=O)([O-])OCC[N+](C)(C)C)C(/C=C\CCCCCCCCCCC)OC(=O)CC/C=C/C/C=C\CCCCCCCC. The van der Waals surface area contributed by atoms with E-state index in [1.54, 1.807) is 6.08 Å². The monoisotopic (exact) mass is 1010 g/mol. The summed E-state index contributed by atoms with van der Waals surface area (Å²) in [6.45, 7) is 6.61. The van der Waals surface area contributed by atoms with Crippen LogP contribution in [0.4, 0.5) is 0 Å². The number of carbonyl (C=O) groups is 2. The van der Waals surface area contributed by atoms with Crippen LogP contribution < -0.4 is 10.2 Å². The number of hydrogen-bond donors (Lipinski definition) is 1. The lowest BCUT2D eigenvalue weighted by Gasteiger charge is -2.30. The maximum Gasteiger partial charge on any atom is 0.306 e. The topological polar surface area (TPSA) is 114 Å². The number of unbranched alkanes of at least 4 members (excludes halogenated alkanes) is 17. The molecule has 3 unspecified atom stereocenters. The van der Waals surface area contributed by atoms with E-state index in [-0.39, 0.29) is 25.4 Å². The molecule has 0 radical (unpaired) electrons. The van der Waals surface area contributed by atoms with Crippen molar-refractivity contribution in [3.05, 3.63) is 109 Å². The van der Waals surface area contributed by atoms with Gasteiger partial charge in [0.2, 0.25) is 5.91 Å². The van der Waals surface area contributed by atoms with Crippen molar-refractivity contribution in [1.82, 2.24) is 5.32 Å². The molecule has 0 aromatic carbocycles. The van der Waals surface area contributed by atoms with Crippen molar-refractivity contribution in [3.63, 3.8) is 0 Å². The van der Waals surface area contributed by atoms with Gasteiger partial charge in [-0.05, 0) is 102 Å². The Bertz CT molecular complexity index is 1580. The first-order valence-corrected chi connectivity index (χ1v) is 29.7. The number of likely N-dealkylation sites (N-methyl/N-ethyl adjacent to an activating group) is 1. The maximum atomic E-state index is 13.5. The molecule has 1 N–H and O–H groups in total.